The van der Waals surface area contributed by atoms with Crippen LogP contribution in [0.3, 0.4) is 0 Å². The van der Waals surface area contributed by atoms with E-state index in [-0.39, 0.29) is 14.4 Å². The molecular formula is C25H23NS3. The van der Waals surface area contributed by atoms with Crippen LogP contribution in [0.2, 0.25) is 0 Å². The van der Waals surface area contributed by atoms with Gasteiger partial charge < -0.3 is 0 Å². The summed E-state index contributed by atoms with van der Waals surface area (Å²) in [5.41, 5.74) is 3.73. The molecule has 2 aliphatic heterocycles. The van der Waals surface area contributed by atoms with E-state index in [1.165, 1.54) is 16.7 Å². The predicted molar refractivity (Wildman–Crippen MR) is 131 cm³/mol. The van der Waals surface area contributed by atoms with Crippen molar-refractivity contribution in [1.82, 2.24) is 0 Å². The molecule has 1 atom stereocenters. The summed E-state index contributed by atoms with van der Waals surface area (Å²) in [6.07, 6.45) is 0. The van der Waals surface area contributed by atoms with Crippen molar-refractivity contribution in [3.05, 3.63) is 108 Å². The predicted octanol–water partition coefficient (Wildman–Crippen LogP) is 7.04. The highest BCUT2D eigenvalue weighted by atomic mass is 32.2. The summed E-state index contributed by atoms with van der Waals surface area (Å²) in [7, 11) is 0. The number of rotatable bonds is 3. The molecule has 2 aliphatic rings. The summed E-state index contributed by atoms with van der Waals surface area (Å²) < 4.78 is -0.299. The lowest BCUT2D eigenvalue weighted by Crippen LogP contribution is -2.53. The van der Waals surface area contributed by atoms with Crippen molar-refractivity contribution in [2.75, 3.05) is 5.08 Å². The van der Waals surface area contributed by atoms with E-state index in [1.807, 2.05) is 11.8 Å². The molecule has 0 aromatic heterocycles. The van der Waals surface area contributed by atoms with Gasteiger partial charge in [0.05, 0.1) is 15.3 Å². The average Bonchev–Trinajstić information content (AvgIpc) is 3.29. The van der Waals surface area contributed by atoms with Crippen LogP contribution in [-0.2, 0) is 4.75 Å². The SMILES string of the molecule is CC1(C)N=C(c2ccccc2)SC12SCSC2(c1ccccc1)c1ccccc1. The van der Waals surface area contributed by atoms with E-state index in [9.17, 15) is 0 Å². The first-order valence-electron chi connectivity index (χ1n) is 9.82. The Balaban J connectivity index is 1.73. The number of benzene rings is 3. The molecular weight excluding hydrogens is 410 g/mol. The van der Waals surface area contributed by atoms with Gasteiger partial charge in [-0.3, -0.25) is 4.99 Å². The van der Waals surface area contributed by atoms with Gasteiger partial charge in [0.25, 0.3) is 0 Å². The van der Waals surface area contributed by atoms with Gasteiger partial charge in [0.1, 0.15) is 4.08 Å². The zero-order valence-electron chi connectivity index (χ0n) is 16.5. The van der Waals surface area contributed by atoms with Gasteiger partial charge in [0.15, 0.2) is 0 Å². The molecule has 3 aromatic rings. The van der Waals surface area contributed by atoms with Crippen molar-refractivity contribution in [2.24, 2.45) is 4.99 Å². The van der Waals surface area contributed by atoms with Crippen molar-refractivity contribution in [3.63, 3.8) is 0 Å². The van der Waals surface area contributed by atoms with Crippen molar-refractivity contribution >= 4 is 40.3 Å². The van der Waals surface area contributed by atoms with E-state index in [2.05, 4.69) is 128 Å². The topological polar surface area (TPSA) is 12.4 Å². The van der Waals surface area contributed by atoms with Crippen LogP contribution < -0.4 is 0 Å². The first kappa shape index (κ1) is 19.3. The first-order chi connectivity index (χ1) is 14.1. The highest BCUT2D eigenvalue weighted by Crippen LogP contribution is 2.73. The van der Waals surface area contributed by atoms with Gasteiger partial charge in [-0.2, -0.15) is 0 Å². The molecule has 5 rings (SSSR count). The van der Waals surface area contributed by atoms with Crippen LogP contribution >= 0.6 is 35.3 Å². The van der Waals surface area contributed by atoms with Gasteiger partial charge in [-0.15, -0.1) is 23.5 Å². The fourth-order valence-electron chi connectivity index (χ4n) is 4.48. The average molecular weight is 434 g/mol. The Kier molecular flexibility index (Phi) is 4.84. The summed E-state index contributed by atoms with van der Waals surface area (Å²) in [6.45, 7) is 4.63. The van der Waals surface area contributed by atoms with Crippen LogP contribution in [-0.4, -0.2) is 19.7 Å². The second-order valence-corrected chi connectivity index (χ2v) is 12.1. The van der Waals surface area contributed by atoms with Gasteiger partial charge in [-0.1, -0.05) is 103 Å². The zero-order chi connectivity index (χ0) is 20.0. The zero-order valence-corrected chi connectivity index (χ0v) is 19.0. The molecule has 4 heteroatoms. The smallest absolute Gasteiger partial charge is 0.115 e. The Morgan fingerprint density at radius 2 is 1.21 bits per heavy atom. The highest BCUT2D eigenvalue weighted by Gasteiger charge is 2.68. The summed E-state index contributed by atoms with van der Waals surface area (Å²) in [5, 5.41) is 2.21. The number of hydrogen-bond donors (Lipinski definition) is 0. The monoisotopic (exact) mass is 433 g/mol. The third-order valence-electron chi connectivity index (χ3n) is 5.81. The Morgan fingerprint density at radius 3 is 1.76 bits per heavy atom. The molecule has 0 radical (unpaired) electrons. The summed E-state index contributed by atoms with van der Waals surface area (Å²) in [4.78, 5) is 5.32. The Bertz CT molecular complexity index is 992. The lowest BCUT2D eigenvalue weighted by atomic mass is 9.79. The van der Waals surface area contributed by atoms with Crippen molar-refractivity contribution in [1.29, 1.82) is 0 Å². The minimum Gasteiger partial charge on any atom is -0.269 e. The van der Waals surface area contributed by atoms with Gasteiger partial charge >= 0.3 is 0 Å². The fourth-order valence-corrected chi connectivity index (χ4v) is 11.0. The van der Waals surface area contributed by atoms with E-state index < -0.39 is 0 Å². The van der Waals surface area contributed by atoms with Crippen LogP contribution in [0.5, 0.6) is 0 Å². The van der Waals surface area contributed by atoms with E-state index in [1.54, 1.807) is 0 Å². The van der Waals surface area contributed by atoms with Crippen LogP contribution in [0.25, 0.3) is 0 Å². The Hall–Kier alpha value is -1.62. The molecule has 1 fully saturated rings. The molecule has 3 aromatic carbocycles. The van der Waals surface area contributed by atoms with Crippen molar-refractivity contribution < 1.29 is 0 Å². The Morgan fingerprint density at radius 1 is 0.690 bits per heavy atom. The molecule has 2 heterocycles. The molecule has 29 heavy (non-hydrogen) atoms. The molecule has 1 spiro atoms. The molecule has 1 unspecified atom stereocenters. The van der Waals surface area contributed by atoms with Crippen LogP contribution in [0.1, 0.15) is 30.5 Å². The lowest BCUT2D eigenvalue weighted by molar-refractivity contribution is 0.429. The maximum Gasteiger partial charge on any atom is 0.115 e. The minimum atomic E-state index is -0.220. The fraction of sp³-hybridized carbons (Fsp3) is 0.240. The number of thioether (sulfide) groups is 3. The molecule has 1 nitrogen and oxygen atoms in total. The largest absolute Gasteiger partial charge is 0.269 e. The van der Waals surface area contributed by atoms with Crippen LogP contribution in [0.4, 0.5) is 0 Å². The maximum absolute atomic E-state index is 5.32. The Labute approximate surface area is 185 Å². The van der Waals surface area contributed by atoms with E-state index in [4.69, 9.17) is 4.99 Å². The molecule has 0 aliphatic carbocycles. The van der Waals surface area contributed by atoms with Gasteiger partial charge in [0.2, 0.25) is 0 Å². The summed E-state index contributed by atoms with van der Waals surface area (Å²) in [6, 6.07) is 32.7. The van der Waals surface area contributed by atoms with E-state index >= 15 is 0 Å². The van der Waals surface area contributed by atoms with Gasteiger partial charge in [0, 0.05) is 10.6 Å². The molecule has 0 N–H and O–H groups in total. The lowest BCUT2D eigenvalue weighted by Gasteiger charge is -2.48. The second-order valence-electron chi connectivity index (χ2n) is 7.88. The number of nitrogens with zero attached hydrogens (tertiary/aromatic N) is 1. The molecule has 146 valence electrons. The van der Waals surface area contributed by atoms with Crippen molar-refractivity contribution in [2.45, 2.75) is 28.2 Å². The van der Waals surface area contributed by atoms with Gasteiger partial charge in [-0.05, 0) is 25.0 Å². The first-order valence-corrected chi connectivity index (χ1v) is 12.6. The minimum absolute atomic E-state index is 0.126. The number of aliphatic imine (C=N–C) groups is 1. The standard InChI is InChI=1S/C25H23NS3/c1-23(2)25(29-22(26-23)19-12-6-3-7-13-19)24(27-18-28-25,20-14-8-4-9-15-20)21-16-10-5-11-17-21/h3-17H,18H2,1-2H3. The third kappa shape index (κ3) is 2.83. The van der Waals surface area contributed by atoms with Crippen molar-refractivity contribution in [3.8, 4) is 0 Å². The molecule has 0 bridgehead atoms. The molecule has 1 saturated heterocycles. The van der Waals surface area contributed by atoms with Gasteiger partial charge in [-0.25, -0.2) is 0 Å². The number of hydrogen-bond acceptors (Lipinski definition) is 4. The summed E-state index contributed by atoms with van der Waals surface area (Å²) in [5.74, 6) is 0. The van der Waals surface area contributed by atoms with E-state index in [0.717, 1.165) is 10.1 Å². The van der Waals surface area contributed by atoms with Crippen LogP contribution in [0.15, 0.2) is 96.0 Å². The quantitative estimate of drug-likeness (QED) is 0.440. The molecule has 0 amide bonds. The van der Waals surface area contributed by atoms with E-state index in [0.29, 0.717) is 0 Å². The summed E-state index contributed by atoms with van der Waals surface area (Å²) >= 11 is 6.10. The third-order valence-corrected chi connectivity index (χ3v) is 11.7. The van der Waals surface area contributed by atoms with Crippen LogP contribution in [0, 0.1) is 0 Å². The second kappa shape index (κ2) is 7.26. The molecule has 0 saturated carbocycles. The maximum atomic E-state index is 5.32. The normalized spacial score (nSPS) is 24.6. The highest BCUT2D eigenvalue weighted by molar-refractivity contribution is 8.33.